The van der Waals surface area contributed by atoms with Gasteiger partial charge in [-0.25, -0.2) is 0 Å². The zero-order valence-corrected chi connectivity index (χ0v) is 14.9. The van der Waals surface area contributed by atoms with E-state index in [9.17, 15) is 0 Å². The van der Waals surface area contributed by atoms with Gasteiger partial charge in [0.05, 0.1) is 0 Å². The van der Waals surface area contributed by atoms with E-state index in [1.54, 1.807) is 25.7 Å². The lowest BCUT2D eigenvalue weighted by molar-refractivity contribution is 0.254. The molecule has 0 radical (unpaired) electrons. The van der Waals surface area contributed by atoms with Gasteiger partial charge in [-0.1, -0.05) is 73.6 Å². The molecule has 0 amide bonds. The Morgan fingerprint density at radius 3 is 1.55 bits per heavy atom. The molecule has 1 heterocycles. The average molecular weight is 294 g/mol. The molecule has 3 rings (SSSR count). The molecule has 0 N–H and O–H groups in total. The zero-order valence-electron chi connectivity index (χ0n) is 14.0. The van der Waals surface area contributed by atoms with Crippen LogP contribution in [0.3, 0.4) is 0 Å². The first-order valence-corrected chi connectivity index (χ1v) is 10.9. The molecule has 5 unspecified atom stereocenters. The quantitative estimate of drug-likeness (QED) is 0.443. The summed E-state index contributed by atoms with van der Waals surface area (Å²) in [4.78, 5) is 0. The summed E-state index contributed by atoms with van der Waals surface area (Å²) in [5, 5.41) is 0.600. The van der Waals surface area contributed by atoms with Crippen LogP contribution >= 0.6 is 7.92 Å². The van der Waals surface area contributed by atoms with Crippen LogP contribution in [0.15, 0.2) is 0 Å². The maximum Gasteiger partial charge on any atom is -0.0171 e. The summed E-state index contributed by atoms with van der Waals surface area (Å²) in [5.74, 6) is 2.26. The van der Waals surface area contributed by atoms with Crippen molar-refractivity contribution in [2.75, 3.05) is 0 Å². The van der Waals surface area contributed by atoms with E-state index < -0.39 is 0 Å². The van der Waals surface area contributed by atoms with Crippen molar-refractivity contribution >= 4 is 7.92 Å². The van der Waals surface area contributed by atoms with Crippen LogP contribution in [0.5, 0.6) is 0 Å². The Morgan fingerprint density at radius 1 is 0.600 bits per heavy atom. The van der Waals surface area contributed by atoms with Gasteiger partial charge in [0.15, 0.2) is 0 Å². The number of hydrogen-bond acceptors (Lipinski definition) is 0. The first kappa shape index (κ1) is 15.3. The fourth-order valence-corrected chi connectivity index (χ4v) is 10.7. The smallest absolute Gasteiger partial charge is 0.0171 e. The van der Waals surface area contributed by atoms with Crippen molar-refractivity contribution in [3.8, 4) is 0 Å². The Bertz CT molecular complexity index is 316. The molecule has 1 heteroatoms. The fourth-order valence-electron chi connectivity index (χ4n) is 5.74. The molecule has 0 aromatic carbocycles. The second-order valence-corrected chi connectivity index (χ2v) is 12.2. The van der Waals surface area contributed by atoms with Crippen LogP contribution in [0, 0.1) is 11.8 Å². The van der Waals surface area contributed by atoms with E-state index in [-0.39, 0.29) is 7.92 Å². The van der Waals surface area contributed by atoms with Gasteiger partial charge in [0, 0.05) is 0 Å². The summed E-state index contributed by atoms with van der Waals surface area (Å²) in [6.45, 7) is 7.71. The predicted octanol–water partition coefficient (Wildman–Crippen LogP) is 6.57. The number of hydrogen-bond donors (Lipinski definition) is 0. The number of rotatable bonds is 0. The highest BCUT2D eigenvalue weighted by atomic mass is 31.1. The van der Waals surface area contributed by atoms with E-state index in [0.717, 1.165) is 23.2 Å². The first-order valence-electron chi connectivity index (χ1n) is 9.37. The summed E-state index contributed by atoms with van der Waals surface area (Å²) in [7, 11) is 0.258. The normalized spacial score (nSPS) is 43.0. The third-order valence-corrected chi connectivity index (χ3v) is 10.6. The average Bonchev–Trinajstić information content (AvgIpc) is 2.75. The lowest BCUT2D eigenvalue weighted by Crippen LogP contribution is -2.26. The standard InChI is InChI=1S/C19H35P/c1-19(2,3)20-17-13-8-6-4-5-7-11-15(17)16-12-9-10-14-18(16)20/h15-18H,4-14H2,1-3H3. The molecule has 0 aromatic rings. The fraction of sp³-hybridized carbons (Fsp3) is 1.00. The third-order valence-electron chi connectivity index (χ3n) is 6.35. The van der Waals surface area contributed by atoms with Gasteiger partial charge in [-0.2, -0.15) is 0 Å². The minimum Gasteiger partial charge on any atom is -0.0942 e. The van der Waals surface area contributed by atoms with Crippen LogP contribution in [0.2, 0.25) is 0 Å². The zero-order chi connectivity index (χ0) is 14.2. The van der Waals surface area contributed by atoms with Crippen LogP contribution in [-0.4, -0.2) is 16.5 Å². The summed E-state index contributed by atoms with van der Waals surface area (Å²) in [6, 6.07) is 0. The largest absolute Gasteiger partial charge is 0.0942 e. The van der Waals surface area contributed by atoms with E-state index in [1.807, 2.05) is 0 Å². The summed E-state index contributed by atoms with van der Waals surface area (Å²) < 4.78 is 0. The molecule has 0 spiro atoms. The SMILES string of the molecule is CC(C)(C)P1C2CCCCCCCC2C2CCCCC21. The first-order chi connectivity index (χ1) is 9.59. The van der Waals surface area contributed by atoms with Gasteiger partial charge in [0.2, 0.25) is 0 Å². The highest BCUT2D eigenvalue weighted by Crippen LogP contribution is 2.72. The van der Waals surface area contributed by atoms with E-state index in [1.165, 1.54) is 44.9 Å². The number of fused-ring (bicyclic) bond motifs is 3. The van der Waals surface area contributed by atoms with Crippen LogP contribution in [0.25, 0.3) is 0 Å². The van der Waals surface area contributed by atoms with Crippen LogP contribution in [0.1, 0.15) is 91.4 Å². The summed E-state index contributed by atoms with van der Waals surface area (Å²) >= 11 is 0. The molecule has 116 valence electrons. The van der Waals surface area contributed by atoms with Crippen LogP contribution in [0.4, 0.5) is 0 Å². The molecule has 0 aromatic heterocycles. The van der Waals surface area contributed by atoms with E-state index in [0.29, 0.717) is 5.16 Å². The molecule has 3 fully saturated rings. The maximum absolute atomic E-state index is 2.57. The van der Waals surface area contributed by atoms with Crippen molar-refractivity contribution in [1.82, 2.24) is 0 Å². The second-order valence-electron chi connectivity index (χ2n) is 8.67. The molecule has 0 nitrogen and oxygen atoms in total. The molecule has 2 saturated carbocycles. The van der Waals surface area contributed by atoms with Crippen molar-refractivity contribution in [1.29, 1.82) is 0 Å². The van der Waals surface area contributed by atoms with Gasteiger partial charge >= 0.3 is 0 Å². The molecular formula is C19H35P. The Labute approximate surface area is 128 Å². The Hall–Kier alpha value is 0.430. The van der Waals surface area contributed by atoms with Crippen LogP contribution < -0.4 is 0 Å². The minimum absolute atomic E-state index is 0.258. The van der Waals surface area contributed by atoms with Gasteiger partial charge in [0.1, 0.15) is 0 Å². The molecular weight excluding hydrogens is 259 g/mol. The van der Waals surface area contributed by atoms with Gasteiger partial charge in [-0.05, 0) is 54.0 Å². The lowest BCUT2D eigenvalue weighted by Gasteiger charge is -2.40. The maximum atomic E-state index is 2.57. The molecule has 20 heavy (non-hydrogen) atoms. The molecule has 0 bridgehead atoms. The molecule has 1 saturated heterocycles. The van der Waals surface area contributed by atoms with Crippen molar-refractivity contribution in [3.05, 3.63) is 0 Å². The van der Waals surface area contributed by atoms with Gasteiger partial charge in [0.25, 0.3) is 0 Å². The van der Waals surface area contributed by atoms with Gasteiger partial charge in [-0.15, -0.1) is 0 Å². The molecule has 2 aliphatic carbocycles. The Kier molecular flexibility index (Phi) is 4.81. The minimum atomic E-state index is 0.258. The van der Waals surface area contributed by atoms with Crippen molar-refractivity contribution in [3.63, 3.8) is 0 Å². The van der Waals surface area contributed by atoms with Gasteiger partial charge < -0.3 is 0 Å². The van der Waals surface area contributed by atoms with E-state index >= 15 is 0 Å². The van der Waals surface area contributed by atoms with Crippen molar-refractivity contribution in [2.45, 2.75) is 108 Å². The van der Waals surface area contributed by atoms with E-state index in [4.69, 9.17) is 0 Å². The monoisotopic (exact) mass is 294 g/mol. The van der Waals surface area contributed by atoms with Crippen molar-refractivity contribution in [2.24, 2.45) is 11.8 Å². The third kappa shape index (κ3) is 2.97. The predicted molar refractivity (Wildman–Crippen MR) is 92.0 cm³/mol. The van der Waals surface area contributed by atoms with Crippen molar-refractivity contribution < 1.29 is 0 Å². The lowest BCUT2D eigenvalue weighted by atomic mass is 9.76. The highest BCUT2D eigenvalue weighted by Gasteiger charge is 2.52. The topological polar surface area (TPSA) is 0 Å². The molecule has 1 aliphatic heterocycles. The molecule has 3 aliphatic rings. The second kappa shape index (κ2) is 6.28. The summed E-state index contributed by atoms with van der Waals surface area (Å²) in [6.07, 6.45) is 17.0. The van der Waals surface area contributed by atoms with Crippen LogP contribution in [-0.2, 0) is 0 Å². The highest BCUT2D eigenvalue weighted by molar-refractivity contribution is 7.61. The Balaban J connectivity index is 1.87. The van der Waals surface area contributed by atoms with E-state index in [2.05, 4.69) is 20.8 Å². The molecule has 5 atom stereocenters. The Morgan fingerprint density at radius 2 is 1.00 bits per heavy atom. The van der Waals surface area contributed by atoms with Gasteiger partial charge in [-0.3, -0.25) is 0 Å². The summed E-state index contributed by atoms with van der Waals surface area (Å²) in [5.41, 5.74) is 2.28.